The Labute approximate surface area is 323 Å². The molecule has 9 aromatic rings. The van der Waals surface area contributed by atoms with Gasteiger partial charge in [-0.25, -0.2) is 0 Å². The average molecular weight is 707 g/mol. The smallest absolute Gasteiger partial charge is 0.0713 e. The van der Waals surface area contributed by atoms with E-state index in [-0.39, 0.29) is 0 Å². The summed E-state index contributed by atoms with van der Waals surface area (Å²) in [6.45, 7) is 2.27. The molecule has 1 heterocycles. The van der Waals surface area contributed by atoms with Crippen LogP contribution in [0.15, 0.2) is 200 Å². The van der Waals surface area contributed by atoms with Crippen molar-refractivity contribution in [2.24, 2.45) is 0 Å². The SMILES string of the molecule is CCCCc1ccc(C2(c3ccccc3)c3ccccc3-c3cc(N(c4ccccc4)c4ccc5c(c4)c4ccccc4n5-c4ccccc4)ccc32)cc1. The second-order valence-corrected chi connectivity index (χ2v) is 14.8. The first-order valence-corrected chi connectivity index (χ1v) is 19.6. The predicted molar refractivity (Wildman–Crippen MR) is 231 cm³/mol. The molecule has 1 unspecified atom stereocenters. The van der Waals surface area contributed by atoms with Crippen molar-refractivity contribution in [3.8, 4) is 16.8 Å². The molecule has 2 nitrogen and oxygen atoms in total. The van der Waals surface area contributed by atoms with Gasteiger partial charge in [-0.1, -0.05) is 153 Å². The van der Waals surface area contributed by atoms with E-state index in [0.717, 1.165) is 29.2 Å². The molecular weight excluding hydrogens is 665 g/mol. The topological polar surface area (TPSA) is 8.17 Å². The largest absolute Gasteiger partial charge is 0.310 e. The third-order valence-electron chi connectivity index (χ3n) is 11.6. The van der Waals surface area contributed by atoms with Crippen LogP contribution in [0.1, 0.15) is 47.6 Å². The van der Waals surface area contributed by atoms with Crippen molar-refractivity contribution >= 4 is 38.9 Å². The quantitative estimate of drug-likeness (QED) is 0.145. The van der Waals surface area contributed by atoms with Crippen LogP contribution in [0.25, 0.3) is 38.6 Å². The molecule has 1 aliphatic rings. The second-order valence-electron chi connectivity index (χ2n) is 14.8. The van der Waals surface area contributed by atoms with E-state index in [1.165, 1.54) is 73.6 Å². The van der Waals surface area contributed by atoms with Gasteiger partial charge in [0.15, 0.2) is 0 Å². The van der Waals surface area contributed by atoms with Crippen LogP contribution in [0.3, 0.4) is 0 Å². The molecule has 8 aromatic carbocycles. The fourth-order valence-electron chi connectivity index (χ4n) is 9.17. The standard InChI is InChI=1S/C53H42N2/c1-2-3-17-38-28-30-40(31-29-38)53(39-18-7-4-8-19-39)49-26-15-13-24-45(49)47-36-43(32-34-50(47)53)54(41-20-9-5-10-21-41)44-33-35-52-48(37-44)46-25-14-16-27-51(46)55(52)42-22-11-6-12-23-42/h4-16,18-37H,2-3,17H2,1H3. The Morgan fingerprint density at radius 3 is 1.84 bits per heavy atom. The van der Waals surface area contributed by atoms with Crippen LogP contribution in [0, 0.1) is 0 Å². The van der Waals surface area contributed by atoms with Crippen LogP contribution in [0.4, 0.5) is 17.1 Å². The highest BCUT2D eigenvalue weighted by Crippen LogP contribution is 2.57. The minimum Gasteiger partial charge on any atom is -0.310 e. The molecule has 0 amide bonds. The monoisotopic (exact) mass is 706 g/mol. The fraction of sp³-hybridized carbons (Fsp3) is 0.0943. The Bertz CT molecular complexity index is 2780. The lowest BCUT2D eigenvalue weighted by Crippen LogP contribution is -2.28. The Hall–Kier alpha value is -6.64. The fourth-order valence-corrected chi connectivity index (χ4v) is 9.17. The maximum absolute atomic E-state index is 2.43. The van der Waals surface area contributed by atoms with Crippen LogP contribution in [0.5, 0.6) is 0 Å². The zero-order valence-electron chi connectivity index (χ0n) is 31.1. The number of fused-ring (bicyclic) bond motifs is 6. The minimum absolute atomic E-state index is 0.440. The molecule has 264 valence electrons. The number of aryl methyl sites for hydroxylation is 1. The number of anilines is 3. The molecule has 55 heavy (non-hydrogen) atoms. The first-order chi connectivity index (χ1) is 27.3. The zero-order valence-corrected chi connectivity index (χ0v) is 31.1. The highest BCUT2D eigenvalue weighted by atomic mass is 15.1. The average Bonchev–Trinajstić information content (AvgIpc) is 3.74. The molecule has 0 bridgehead atoms. The van der Waals surface area contributed by atoms with Crippen LogP contribution in [0.2, 0.25) is 0 Å². The van der Waals surface area contributed by atoms with Crippen molar-refractivity contribution in [2.45, 2.75) is 31.6 Å². The lowest BCUT2D eigenvalue weighted by molar-refractivity contribution is 0.763. The molecule has 1 atom stereocenters. The molecule has 0 fully saturated rings. The molecule has 0 spiro atoms. The number of hydrogen-bond donors (Lipinski definition) is 0. The molecule has 0 aliphatic heterocycles. The van der Waals surface area contributed by atoms with Crippen molar-refractivity contribution in [1.29, 1.82) is 0 Å². The molecule has 0 saturated heterocycles. The van der Waals surface area contributed by atoms with Gasteiger partial charge in [0.2, 0.25) is 0 Å². The lowest BCUT2D eigenvalue weighted by Gasteiger charge is -2.34. The Morgan fingerprint density at radius 1 is 0.455 bits per heavy atom. The third kappa shape index (κ3) is 5.32. The summed E-state index contributed by atoms with van der Waals surface area (Å²) in [5.41, 5.74) is 15.7. The number of benzene rings is 8. The Kier molecular flexibility index (Phi) is 8.18. The van der Waals surface area contributed by atoms with E-state index >= 15 is 0 Å². The lowest BCUT2D eigenvalue weighted by atomic mass is 9.67. The number of hydrogen-bond acceptors (Lipinski definition) is 1. The van der Waals surface area contributed by atoms with Crippen LogP contribution < -0.4 is 4.90 Å². The summed E-state index contributed by atoms with van der Waals surface area (Å²) in [4.78, 5) is 2.42. The highest BCUT2D eigenvalue weighted by Gasteiger charge is 2.46. The first-order valence-electron chi connectivity index (χ1n) is 19.6. The van der Waals surface area contributed by atoms with Gasteiger partial charge in [-0.2, -0.15) is 0 Å². The maximum Gasteiger partial charge on any atom is 0.0713 e. The van der Waals surface area contributed by atoms with Gasteiger partial charge >= 0.3 is 0 Å². The summed E-state index contributed by atoms with van der Waals surface area (Å²) in [6.07, 6.45) is 3.51. The van der Waals surface area contributed by atoms with Crippen molar-refractivity contribution in [3.05, 3.63) is 228 Å². The molecule has 0 N–H and O–H groups in total. The van der Waals surface area contributed by atoms with E-state index in [2.05, 4.69) is 217 Å². The van der Waals surface area contributed by atoms with E-state index in [1.807, 2.05) is 0 Å². The van der Waals surface area contributed by atoms with Gasteiger partial charge in [-0.3, -0.25) is 0 Å². The third-order valence-corrected chi connectivity index (χ3v) is 11.6. The predicted octanol–water partition coefficient (Wildman–Crippen LogP) is 14.0. The minimum atomic E-state index is -0.440. The van der Waals surface area contributed by atoms with Gasteiger partial charge < -0.3 is 9.47 Å². The second kappa shape index (κ2) is 13.6. The van der Waals surface area contributed by atoms with Gasteiger partial charge in [0.05, 0.1) is 16.4 Å². The van der Waals surface area contributed by atoms with Gasteiger partial charge in [-0.05, 0) is 112 Å². The van der Waals surface area contributed by atoms with E-state index in [1.54, 1.807) is 0 Å². The van der Waals surface area contributed by atoms with Crippen LogP contribution in [-0.4, -0.2) is 4.57 Å². The zero-order chi connectivity index (χ0) is 36.8. The molecule has 1 aliphatic carbocycles. The summed E-state index contributed by atoms with van der Waals surface area (Å²) in [7, 11) is 0. The van der Waals surface area contributed by atoms with Crippen LogP contribution >= 0.6 is 0 Å². The Morgan fingerprint density at radius 2 is 1.05 bits per heavy atom. The van der Waals surface area contributed by atoms with Gasteiger partial charge in [-0.15, -0.1) is 0 Å². The number of unbranched alkanes of at least 4 members (excludes halogenated alkanes) is 1. The molecular formula is C53H42N2. The Balaban J connectivity index is 1.18. The summed E-state index contributed by atoms with van der Waals surface area (Å²) in [6, 6.07) is 74.0. The molecule has 0 saturated carbocycles. The van der Waals surface area contributed by atoms with Crippen LogP contribution in [-0.2, 0) is 11.8 Å². The first kappa shape index (κ1) is 33.0. The summed E-state index contributed by atoms with van der Waals surface area (Å²) in [5, 5.41) is 2.47. The summed E-state index contributed by atoms with van der Waals surface area (Å²) < 4.78 is 2.38. The van der Waals surface area contributed by atoms with Gasteiger partial charge in [0.25, 0.3) is 0 Å². The normalized spacial score (nSPS) is 14.6. The van der Waals surface area contributed by atoms with E-state index in [0.29, 0.717) is 0 Å². The molecule has 10 rings (SSSR count). The van der Waals surface area contributed by atoms with Crippen molar-refractivity contribution in [1.82, 2.24) is 4.57 Å². The molecule has 0 radical (unpaired) electrons. The highest BCUT2D eigenvalue weighted by molar-refractivity contribution is 6.10. The van der Waals surface area contributed by atoms with Gasteiger partial charge in [0, 0.05) is 33.5 Å². The van der Waals surface area contributed by atoms with E-state index < -0.39 is 5.41 Å². The number of aromatic nitrogens is 1. The summed E-state index contributed by atoms with van der Waals surface area (Å²) in [5.74, 6) is 0. The van der Waals surface area contributed by atoms with E-state index in [9.17, 15) is 0 Å². The molecule has 1 aromatic heterocycles. The van der Waals surface area contributed by atoms with Crippen molar-refractivity contribution in [3.63, 3.8) is 0 Å². The van der Waals surface area contributed by atoms with Crippen molar-refractivity contribution in [2.75, 3.05) is 4.90 Å². The summed E-state index contributed by atoms with van der Waals surface area (Å²) >= 11 is 0. The number of rotatable bonds is 9. The van der Waals surface area contributed by atoms with Crippen molar-refractivity contribution < 1.29 is 0 Å². The van der Waals surface area contributed by atoms with Gasteiger partial charge in [0.1, 0.15) is 0 Å². The van der Waals surface area contributed by atoms with E-state index in [4.69, 9.17) is 0 Å². The molecule has 2 heteroatoms. The number of para-hydroxylation sites is 3. The maximum atomic E-state index is 2.43. The number of nitrogens with zero attached hydrogens (tertiary/aromatic N) is 2.